The molecule has 0 bridgehead atoms. The number of hydrogen-bond acceptors (Lipinski definition) is 4. The predicted octanol–water partition coefficient (Wildman–Crippen LogP) is 1.48. The van der Waals surface area contributed by atoms with Crippen LogP contribution in [-0.2, 0) is 0 Å². The van der Waals surface area contributed by atoms with Crippen molar-refractivity contribution in [1.82, 2.24) is 19.9 Å². The van der Waals surface area contributed by atoms with E-state index in [4.69, 9.17) is 18.1 Å². The molecule has 0 saturated heterocycles. The van der Waals surface area contributed by atoms with E-state index >= 15 is 0 Å². The lowest BCUT2D eigenvalue weighted by molar-refractivity contribution is 0.982. The highest BCUT2D eigenvalue weighted by Crippen LogP contribution is 2.18. The van der Waals surface area contributed by atoms with E-state index in [0.29, 0.717) is 10.6 Å². The van der Waals surface area contributed by atoms with Crippen molar-refractivity contribution in [3.63, 3.8) is 0 Å². The lowest BCUT2D eigenvalue weighted by Crippen LogP contribution is -2.09. The summed E-state index contributed by atoms with van der Waals surface area (Å²) in [5.74, 6) is 6.22. The van der Waals surface area contributed by atoms with Crippen molar-refractivity contribution in [3.05, 3.63) is 27.7 Å². The molecule has 0 radical (unpaired) electrons. The van der Waals surface area contributed by atoms with E-state index < -0.39 is 0 Å². The largest absolute Gasteiger partial charge is 0.335 e. The number of aromatic amines is 1. The molecule has 0 aromatic carbocycles. The van der Waals surface area contributed by atoms with Gasteiger partial charge >= 0.3 is 0 Å². The molecular weight excluding hydrogens is 266 g/mol. The molecule has 2 aromatic rings. The number of H-pyrrole nitrogens is 1. The van der Waals surface area contributed by atoms with Crippen molar-refractivity contribution in [1.29, 1.82) is 0 Å². The van der Waals surface area contributed by atoms with E-state index in [1.165, 1.54) is 4.68 Å². The lowest BCUT2D eigenvalue weighted by atomic mass is 10.3. The fourth-order valence-corrected chi connectivity index (χ4v) is 1.54. The maximum Gasteiger partial charge on any atom is 0.214 e. The molecule has 0 atom stereocenters. The molecule has 2 heterocycles. The number of aromatic nitrogens is 4. The van der Waals surface area contributed by atoms with E-state index in [1.54, 1.807) is 12.4 Å². The fraction of sp³-hybridized carbons (Fsp3) is 0. The third kappa shape index (κ3) is 1.55. The molecule has 0 aliphatic heterocycles. The first-order valence-electron chi connectivity index (χ1n) is 3.72. The van der Waals surface area contributed by atoms with Gasteiger partial charge in [0.15, 0.2) is 5.82 Å². The molecule has 3 N–H and O–H groups in total. The Morgan fingerprint density at radius 2 is 2.29 bits per heavy atom. The van der Waals surface area contributed by atoms with Crippen molar-refractivity contribution in [2.24, 2.45) is 0 Å². The molecule has 0 spiro atoms. The van der Waals surface area contributed by atoms with E-state index in [2.05, 4.69) is 31.1 Å². The summed E-state index contributed by atoms with van der Waals surface area (Å²) in [5.41, 5.74) is 0.800. The van der Waals surface area contributed by atoms with Crippen LogP contribution in [0.1, 0.15) is 0 Å². The van der Waals surface area contributed by atoms with Gasteiger partial charge in [-0.05, 0) is 34.2 Å². The molecule has 5 nitrogen and oxygen atoms in total. The molecule has 0 saturated carbocycles. The quantitative estimate of drug-likeness (QED) is 0.609. The molecule has 0 aliphatic rings. The topological polar surface area (TPSA) is 72.5 Å². The number of halogens is 1. The van der Waals surface area contributed by atoms with Crippen LogP contribution in [0.4, 0.5) is 0 Å². The van der Waals surface area contributed by atoms with Gasteiger partial charge in [-0.25, -0.2) is 9.77 Å². The van der Waals surface area contributed by atoms with Crippen LogP contribution in [0.25, 0.3) is 11.4 Å². The highest BCUT2D eigenvalue weighted by molar-refractivity contribution is 9.10. The number of rotatable bonds is 1. The van der Waals surface area contributed by atoms with E-state index in [1.807, 2.05) is 6.07 Å². The molecule has 0 aliphatic carbocycles. The van der Waals surface area contributed by atoms with Gasteiger partial charge in [0, 0.05) is 22.4 Å². The normalized spacial score (nSPS) is 10.4. The minimum atomic E-state index is 0.375. The molecule has 0 amide bonds. The molecular formula is C7H6BrN5S. The van der Waals surface area contributed by atoms with Gasteiger partial charge < -0.3 is 5.84 Å². The second-order valence-electron chi connectivity index (χ2n) is 2.61. The SMILES string of the molecule is Nn1c(-c2cncc(Br)c2)n[nH]c1=S. The molecule has 2 aromatic heterocycles. The summed E-state index contributed by atoms with van der Waals surface area (Å²) in [6.45, 7) is 0. The van der Waals surface area contributed by atoms with Gasteiger partial charge in [0.25, 0.3) is 0 Å². The zero-order valence-corrected chi connectivity index (χ0v) is 9.34. The Balaban J connectivity index is 2.60. The second-order valence-corrected chi connectivity index (χ2v) is 3.92. The van der Waals surface area contributed by atoms with Crippen LogP contribution in [0.15, 0.2) is 22.9 Å². The minimum absolute atomic E-state index is 0.375. The summed E-state index contributed by atoms with van der Waals surface area (Å²) < 4.78 is 2.54. The first-order chi connectivity index (χ1) is 6.68. The molecule has 0 fully saturated rings. The molecule has 14 heavy (non-hydrogen) atoms. The molecule has 0 unspecified atom stereocenters. The zero-order valence-electron chi connectivity index (χ0n) is 6.94. The predicted molar refractivity (Wildman–Crippen MR) is 58.5 cm³/mol. The van der Waals surface area contributed by atoms with E-state index in [-0.39, 0.29) is 0 Å². The first kappa shape index (κ1) is 9.35. The smallest absolute Gasteiger partial charge is 0.214 e. The number of pyridine rings is 1. The van der Waals surface area contributed by atoms with Crippen LogP contribution in [-0.4, -0.2) is 19.9 Å². The average Bonchev–Trinajstić information content (AvgIpc) is 2.48. The third-order valence-electron chi connectivity index (χ3n) is 1.67. The summed E-state index contributed by atoms with van der Waals surface area (Å²) in [6, 6.07) is 1.86. The highest BCUT2D eigenvalue weighted by atomic mass is 79.9. The minimum Gasteiger partial charge on any atom is -0.335 e. The van der Waals surface area contributed by atoms with Crippen molar-refractivity contribution < 1.29 is 0 Å². The Bertz CT molecular complexity index is 517. The van der Waals surface area contributed by atoms with Gasteiger partial charge in [0.2, 0.25) is 4.77 Å². The fourth-order valence-electron chi connectivity index (χ4n) is 1.04. The van der Waals surface area contributed by atoms with Gasteiger partial charge in [-0.15, -0.1) is 0 Å². The maximum absolute atomic E-state index is 5.66. The Hall–Kier alpha value is -1.21. The van der Waals surface area contributed by atoms with Crippen molar-refractivity contribution in [2.45, 2.75) is 0 Å². The van der Waals surface area contributed by atoms with E-state index in [9.17, 15) is 0 Å². The van der Waals surface area contributed by atoms with Gasteiger partial charge in [0.05, 0.1) is 0 Å². The van der Waals surface area contributed by atoms with Crippen molar-refractivity contribution >= 4 is 28.1 Å². The van der Waals surface area contributed by atoms with E-state index in [0.717, 1.165) is 10.0 Å². The monoisotopic (exact) mass is 271 g/mol. The van der Waals surface area contributed by atoms with Gasteiger partial charge in [-0.1, -0.05) is 0 Å². The number of nitrogens with one attached hydrogen (secondary N) is 1. The Morgan fingerprint density at radius 3 is 2.86 bits per heavy atom. The van der Waals surface area contributed by atoms with Gasteiger partial charge in [0.1, 0.15) is 0 Å². The zero-order chi connectivity index (χ0) is 10.1. The van der Waals surface area contributed by atoms with Crippen LogP contribution in [0, 0.1) is 4.77 Å². The second kappa shape index (κ2) is 3.50. The Morgan fingerprint density at radius 1 is 1.50 bits per heavy atom. The molecule has 2 rings (SSSR count). The van der Waals surface area contributed by atoms with Crippen LogP contribution in [0.2, 0.25) is 0 Å². The van der Waals surface area contributed by atoms with Crippen molar-refractivity contribution in [3.8, 4) is 11.4 Å². The summed E-state index contributed by atoms with van der Waals surface area (Å²) in [4.78, 5) is 4.01. The van der Waals surface area contributed by atoms with Crippen LogP contribution < -0.4 is 5.84 Å². The van der Waals surface area contributed by atoms with Crippen molar-refractivity contribution in [2.75, 3.05) is 5.84 Å². The molecule has 72 valence electrons. The average molecular weight is 272 g/mol. The van der Waals surface area contributed by atoms with Crippen LogP contribution in [0.3, 0.4) is 0 Å². The number of nitrogens with zero attached hydrogens (tertiary/aromatic N) is 3. The van der Waals surface area contributed by atoms with Gasteiger partial charge in [-0.3, -0.25) is 4.98 Å². The standard InChI is InChI=1S/C7H6BrN5S/c8-5-1-4(2-10-3-5)6-11-12-7(14)13(6)9/h1-3H,9H2,(H,12,14). The summed E-state index contributed by atoms with van der Waals surface area (Å²) >= 11 is 8.21. The Labute approximate surface area is 93.1 Å². The number of nitrogens with two attached hydrogens (primary N) is 1. The lowest BCUT2D eigenvalue weighted by Gasteiger charge is -1.99. The summed E-state index contributed by atoms with van der Waals surface area (Å²) in [5, 5.41) is 6.59. The highest BCUT2D eigenvalue weighted by Gasteiger charge is 2.06. The maximum atomic E-state index is 5.66. The number of nitrogen functional groups attached to an aromatic ring is 1. The van der Waals surface area contributed by atoms with Gasteiger partial charge in [-0.2, -0.15) is 5.10 Å². The Kier molecular flexibility index (Phi) is 2.34. The molecule has 7 heteroatoms. The van der Waals surface area contributed by atoms with Crippen LogP contribution >= 0.6 is 28.1 Å². The third-order valence-corrected chi connectivity index (χ3v) is 2.39. The summed E-state index contributed by atoms with van der Waals surface area (Å²) in [7, 11) is 0. The summed E-state index contributed by atoms with van der Waals surface area (Å²) in [6.07, 6.45) is 3.35. The number of hydrogen-bond donors (Lipinski definition) is 2. The van der Waals surface area contributed by atoms with Crippen LogP contribution in [0.5, 0.6) is 0 Å². The first-order valence-corrected chi connectivity index (χ1v) is 4.92.